The van der Waals surface area contributed by atoms with Gasteiger partial charge in [0.15, 0.2) is 11.5 Å². The number of aromatic hydroxyl groups is 2. The molecule has 0 aliphatic rings. The molecule has 2 aromatic carbocycles. The number of benzene rings is 2. The maximum atomic E-state index is 9.83. The Morgan fingerprint density at radius 1 is 1.06 bits per heavy atom. The van der Waals surface area contributed by atoms with Crippen LogP contribution < -0.4 is 5.32 Å². The molecule has 96 valence electrons. The molecule has 0 aliphatic heterocycles. The zero-order chi connectivity index (χ0) is 13.1. The Balaban J connectivity index is 2.31. The molecule has 3 N–H and O–H groups in total. The number of rotatable bonds is 4. The summed E-state index contributed by atoms with van der Waals surface area (Å²) in [5.41, 5.74) is 1.18. The number of fused-ring (bicyclic) bond motifs is 1. The van der Waals surface area contributed by atoms with Gasteiger partial charge in [-0.25, -0.2) is 0 Å². The Hall–Kier alpha value is -1.74. The molecule has 0 amide bonds. The van der Waals surface area contributed by atoms with E-state index >= 15 is 0 Å². The lowest BCUT2D eigenvalue weighted by Gasteiger charge is -2.11. The van der Waals surface area contributed by atoms with Crippen molar-refractivity contribution < 1.29 is 10.2 Å². The second-order valence-corrected chi connectivity index (χ2v) is 4.80. The highest BCUT2D eigenvalue weighted by atomic mass is 16.3. The summed E-state index contributed by atoms with van der Waals surface area (Å²) in [5, 5.41) is 24.4. The fraction of sp³-hybridized carbons (Fsp3) is 0.333. The van der Waals surface area contributed by atoms with Crippen molar-refractivity contribution in [1.82, 2.24) is 5.32 Å². The maximum absolute atomic E-state index is 9.83. The van der Waals surface area contributed by atoms with E-state index in [0.717, 1.165) is 18.4 Å². The fourth-order valence-electron chi connectivity index (χ4n) is 2.11. The van der Waals surface area contributed by atoms with Gasteiger partial charge in [0.05, 0.1) is 0 Å². The summed E-state index contributed by atoms with van der Waals surface area (Å²) in [4.78, 5) is 0. The Kier molecular flexibility index (Phi) is 3.72. The molecule has 3 nitrogen and oxygen atoms in total. The Bertz CT molecular complexity index is 549. The van der Waals surface area contributed by atoms with Gasteiger partial charge in [0.25, 0.3) is 0 Å². The topological polar surface area (TPSA) is 52.5 Å². The lowest BCUT2D eigenvalue weighted by Crippen LogP contribution is -2.24. The van der Waals surface area contributed by atoms with Crippen LogP contribution in [0.1, 0.15) is 19.4 Å². The summed E-state index contributed by atoms with van der Waals surface area (Å²) in [5.74, 6) is -0.105. The van der Waals surface area contributed by atoms with Crippen molar-refractivity contribution in [1.29, 1.82) is 0 Å². The smallest absolute Gasteiger partial charge is 0.165 e. The van der Waals surface area contributed by atoms with Crippen LogP contribution in [0.5, 0.6) is 11.5 Å². The van der Waals surface area contributed by atoms with E-state index in [9.17, 15) is 10.2 Å². The Morgan fingerprint density at radius 2 is 1.83 bits per heavy atom. The molecule has 0 saturated heterocycles. The van der Waals surface area contributed by atoms with Gasteiger partial charge in [0, 0.05) is 11.4 Å². The van der Waals surface area contributed by atoms with Crippen LogP contribution in [0.25, 0.3) is 10.8 Å². The third-order valence-electron chi connectivity index (χ3n) is 3.05. The van der Waals surface area contributed by atoms with E-state index in [0.29, 0.717) is 11.4 Å². The summed E-state index contributed by atoms with van der Waals surface area (Å²) < 4.78 is 0. The van der Waals surface area contributed by atoms with Gasteiger partial charge < -0.3 is 15.5 Å². The van der Waals surface area contributed by atoms with Gasteiger partial charge in [-0.3, -0.25) is 0 Å². The van der Waals surface area contributed by atoms with Crippen molar-refractivity contribution in [2.75, 3.05) is 6.54 Å². The highest BCUT2D eigenvalue weighted by Gasteiger charge is 2.08. The first kappa shape index (κ1) is 12.7. The summed E-state index contributed by atoms with van der Waals surface area (Å²) in [6, 6.07) is 9.65. The molecule has 18 heavy (non-hydrogen) atoms. The van der Waals surface area contributed by atoms with E-state index in [-0.39, 0.29) is 11.5 Å². The van der Waals surface area contributed by atoms with Crippen molar-refractivity contribution in [3.63, 3.8) is 0 Å². The molecule has 0 spiro atoms. The standard InChI is InChI=1S/C15H19NO2/c1-10(2)16-9-8-11-4-3-5-13-12(11)6-7-14(17)15(13)18/h3-7,10,16-18H,8-9H2,1-2H3. The molecule has 0 aliphatic carbocycles. The number of hydrogen-bond acceptors (Lipinski definition) is 3. The Labute approximate surface area is 107 Å². The fourth-order valence-corrected chi connectivity index (χ4v) is 2.11. The van der Waals surface area contributed by atoms with Crippen LogP contribution >= 0.6 is 0 Å². The molecule has 2 rings (SSSR count). The third-order valence-corrected chi connectivity index (χ3v) is 3.05. The second-order valence-electron chi connectivity index (χ2n) is 4.80. The molecule has 0 radical (unpaired) electrons. The van der Waals surface area contributed by atoms with Gasteiger partial charge in [0.2, 0.25) is 0 Å². The molecular formula is C15H19NO2. The van der Waals surface area contributed by atoms with Gasteiger partial charge in [0.1, 0.15) is 0 Å². The third kappa shape index (κ3) is 2.57. The number of phenols is 2. The highest BCUT2D eigenvalue weighted by molar-refractivity contribution is 5.92. The van der Waals surface area contributed by atoms with Crippen molar-refractivity contribution in [3.8, 4) is 11.5 Å². The van der Waals surface area contributed by atoms with Crippen LogP contribution in [-0.2, 0) is 6.42 Å². The predicted octanol–water partition coefficient (Wildman–Crippen LogP) is 2.79. The van der Waals surface area contributed by atoms with Gasteiger partial charge in [-0.1, -0.05) is 38.1 Å². The van der Waals surface area contributed by atoms with Gasteiger partial charge in [-0.2, -0.15) is 0 Å². The second kappa shape index (κ2) is 5.27. The number of hydrogen-bond donors (Lipinski definition) is 3. The van der Waals surface area contributed by atoms with Crippen molar-refractivity contribution in [3.05, 3.63) is 35.9 Å². The van der Waals surface area contributed by atoms with Crippen LogP contribution in [0.2, 0.25) is 0 Å². The molecule has 0 atom stereocenters. The van der Waals surface area contributed by atoms with Gasteiger partial charge >= 0.3 is 0 Å². The van der Waals surface area contributed by atoms with Crippen LogP contribution in [0.3, 0.4) is 0 Å². The average Bonchev–Trinajstić information content (AvgIpc) is 2.34. The number of nitrogens with one attached hydrogen (secondary N) is 1. The minimum absolute atomic E-state index is 0.0360. The minimum atomic E-state index is -0.0695. The molecular weight excluding hydrogens is 226 g/mol. The molecule has 0 aromatic heterocycles. The van der Waals surface area contributed by atoms with E-state index < -0.39 is 0 Å². The molecule has 0 fully saturated rings. The lowest BCUT2D eigenvalue weighted by atomic mass is 10.0. The maximum Gasteiger partial charge on any atom is 0.165 e. The first-order valence-corrected chi connectivity index (χ1v) is 6.25. The zero-order valence-electron chi connectivity index (χ0n) is 10.8. The average molecular weight is 245 g/mol. The normalized spacial score (nSPS) is 11.3. The largest absolute Gasteiger partial charge is 0.504 e. The van der Waals surface area contributed by atoms with Crippen LogP contribution in [0.4, 0.5) is 0 Å². The molecule has 0 heterocycles. The molecule has 0 saturated carbocycles. The SMILES string of the molecule is CC(C)NCCc1cccc2c(O)c(O)ccc12. The van der Waals surface area contributed by atoms with Crippen molar-refractivity contribution in [2.45, 2.75) is 26.3 Å². The molecule has 0 unspecified atom stereocenters. The van der Waals surface area contributed by atoms with E-state index in [4.69, 9.17) is 0 Å². The van der Waals surface area contributed by atoms with Crippen molar-refractivity contribution in [2.24, 2.45) is 0 Å². The lowest BCUT2D eigenvalue weighted by molar-refractivity contribution is 0.408. The summed E-state index contributed by atoms with van der Waals surface area (Å²) in [6.45, 7) is 5.14. The van der Waals surface area contributed by atoms with E-state index in [1.54, 1.807) is 0 Å². The van der Waals surface area contributed by atoms with Crippen molar-refractivity contribution >= 4 is 10.8 Å². The summed E-state index contributed by atoms with van der Waals surface area (Å²) in [7, 11) is 0. The molecule has 2 aromatic rings. The van der Waals surface area contributed by atoms with Crippen LogP contribution in [0.15, 0.2) is 30.3 Å². The first-order valence-electron chi connectivity index (χ1n) is 6.25. The van der Waals surface area contributed by atoms with E-state index in [1.807, 2.05) is 18.2 Å². The molecule has 3 heteroatoms. The van der Waals surface area contributed by atoms with Crippen LogP contribution in [-0.4, -0.2) is 22.8 Å². The van der Waals surface area contributed by atoms with Gasteiger partial charge in [-0.05, 0) is 30.0 Å². The van der Waals surface area contributed by atoms with Gasteiger partial charge in [-0.15, -0.1) is 0 Å². The van der Waals surface area contributed by atoms with E-state index in [1.165, 1.54) is 11.6 Å². The highest BCUT2D eigenvalue weighted by Crippen LogP contribution is 2.34. The monoisotopic (exact) mass is 245 g/mol. The summed E-state index contributed by atoms with van der Waals surface area (Å²) in [6.07, 6.45) is 0.903. The number of phenolic OH excluding ortho intramolecular Hbond substituents is 2. The summed E-state index contributed by atoms with van der Waals surface area (Å²) >= 11 is 0. The first-order chi connectivity index (χ1) is 8.59. The Morgan fingerprint density at radius 3 is 2.56 bits per heavy atom. The quantitative estimate of drug-likeness (QED) is 0.726. The molecule has 0 bridgehead atoms. The predicted molar refractivity (Wildman–Crippen MR) is 74.1 cm³/mol. The minimum Gasteiger partial charge on any atom is -0.504 e. The van der Waals surface area contributed by atoms with Crippen LogP contribution in [0, 0.1) is 0 Å². The zero-order valence-corrected chi connectivity index (χ0v) is 10.8. The van der Waals surface area contributed by atoms with E-state index in [2.05, 4.69) is 25.2 Å².